The molecule has 4 aliphatic rings. The number of aromatic nitrogens is 8. The van der Waals surface area contributed by atoms with E-state index in [4.69, 9.17) is 19.9 Å². The fraction of sp³-hybridized carbons (Fsp3) is 0.0769. The molecule has 0 unspecified atom stereocenters. The number of aryl methyl sites for hydroxylation is 1. The van der Waals surface area contributed by atoms with Gasteiger partial charge < -0.3 is 19.9 Å². The lowest BCUT2D eigenvalue weighted by Gasteiger charge is -2.06. The van der Waals surface area contributed by atoms with Crippen LogP contribution < -0.4 is 0 Å². The van der Waals surface area contributed by atoms with E-state index in [1.165, 1.54) is 18.4 Å². The predicted molar refractivity (Wildman–Crippen MR) is 359 cm³/mol. The Labute approximate surface area is 498 Å². The zero-order valence-electron chi connectivity index (χ0n) is 47.5. The summed E-state index contributed by atoms with van der Waals surface area (Å²) in [5.41, 5.74) is 26.8. The molecule has 0 fully saturated rings. The molecule has 8 nitrogen and oxygen atoms in total. The SMILES string of the molecule is CCCCCCc1c2nc(c(-c3ccccc3)c3ccc([nH]3)c(C#Cc3c4nc(c(-c5ccccc5)c5ccc([nH]5)c(-c5ccccc5)c5nc(c(-c6ccccc6)c6ccc3[nH]6)C=C5)C=C4)c3nc(c(-c4ccccc4)c4ccc1[nH]4)C=C3)C=C2. The van der Waals surface area contributed by atoms with E-state index in [1.54, 1.807) is 0 Å². The zero-order chi connectivity index (χ0) is 57.3. The third-order valence-electron chi connectivity index (χ3n) is 16.5. The van der Waals surface area contributed by atoms with Crippen molar-refractivity contribution in [1.82, 2.24) is 39.9 Å². The Balaban J connectivity index is 1.04. The molecule has 86 heavy (non-hydrogen) atoms. The molecule has 16 bridgehead atoms. The Morgan fingerprint density at radius 2 is 0.535 bits per heavy atom. The first kappa shape index (κ1) is 51.7. The smallest absolute Gasteiger partial charge is 0.0815 e. The minimum atomic E-state index is 0.720. The van der Waals surface area contributed by atoms with E-state index in [1.807, 2.05) is 12.1 Å². The van der Waals surface area contributed by atoms with E-state index in [0.717, 1.165) is 176 Å². The van der Waals surface area contributed by atoms with E-state index >= 15 is 0 Å². The van der Waals surface area contributed by atoms with Crippen molar-refractivity contribution in [1.29, 1.82) is 0 Å². The van der Waals surface area contributed by atoms with Crippen molar-refractivity contribution in [3.63, 3.8) is 0 Å². The molecule has 15 rings (SSSR count). The summed E-state index contributed by atoms with van der Waals surface area (Å²) in [6.07, 6.45) is 22.6. The van der Waals surface area contributed by atoms with Crippen LogP contribution in [-0.4, -0.2) is 39.9 Å². The summed E-state index contributed by atoms with van der Waals surface area (Å²) in [5.74, 6) is 7.56. The molecule has 0 spiro atoms. The lowest BCUT2D eigenvalue weighted by atomic mass is 10.0. The van der Waals surface area contributed by atoms with Crippen molar-refractivity contribution in [3.8, 4) is 67.5 Å². The molecule has 8 heteroatoms. The van der Waals surface area contributed by atoms with Gasteiger partial charge in [-0.2, -0.15) is 0 Å². The molecule has 4 N–H and O–H groups in total. The number of rotatable bonds is 10. The lowest BCUT2D eigenvalue weighted by Crippen LogP contribution is -1.93. The molecule has 0 aliphatic carbocycles. The molecular weight excluding hydrogens is 1050 g/mol. The summed E-state index contributed by atoms with van der Waals surface area (Å²) < 4.78 is 0. The maximum Gasteiger partial charge on any atom is 0.0815 e. The average molecular weight is 1110 g/mol. The molecule has 10 heterocycles. The largest absolute Gasteiger partial charge is 0.355 e. The molecule has 6 aromatic heterocycles. The summed E-state index contributed by atoms with van der Waals surface area (Å²) in [7, 11) is 0. The minimum absolute atomic E-state index is 0.720. The second-order valence-electron chi connectivity index (χ2n) is 22.0. The van der Waals surface area contributed by atoms with Crippen LogP contribution in [0.1, 0.15) is 94.8 Å². The van der Waals surface area contributed by atoms with E-state index in [2.05, 4.69) is 275 Å². The van der Waals surface area contributed by atoms with Crippen LogP contribution in [0.2, 0.25) is 0 Å². The van der Waals surface area contributed by atoms with E-state index in [0.29, 0.717) is 0 Å². The van der Waals surface area contributed by atoms with Crippen LogP contribution in [0.25, 0.3) is 148 Å². The summed E-state index contributed by atoms with van der Waals surface area (Å²) in [4.78, 5) is 37.7. The highest BCUT2D eigenvalue weighted by atomic mass is 14.8. The van der Waals surface area contributed by atoms with Gasteiger partial charge in [-0.05, 0) is 138 Å². The fourth-order valence-electron chi connectivity index (χ4n) is 12.4. The predicted octanol–water partition coefficient (Wildman–Crippen LogP) is 19.5. The molecule has 4 aliphatic heterocycles. The van der Waals surface area contributed by atoms with Crippen LogP contribution in [0.4, 0.5) is 0 Å². The van der Waals surface area contributed by atoms with Crippen LogP contribution in [0.5, 0.6) is 0 Å². The van der Waals surface area contributed by atoms with Gasteiger partial charge >= 0.3 is 0 Å². The van der Waals surface area contributed by atoms with Crippen LogP contribution in [0.15, 0.2) is 200 Å². The molecule has 0 amide bonds. The average Bonchev–Trinajstić information content (AvgIpc) is 3.68. The van der Waals surface area contributed by atoms with Gasteiger partial charge in [-0.1, -0.05) is 190 Å². The molecule has 410 valence electrons. The number of benzene rings is 5. The van der Waals surface area contributed by atoms with E-state index in [-0.39, 0.29) is 0 Å². The van der Waals surface area contributed by atoms with Crippen LogP contribution in [-0.2, 0) is 6.42 Å². The van der Waals surface area contributed by atoms with Gasteiger partial charge in [-0.3, -0.25) is 0 Å². The second kappa shape index (κ2) is 22.6. The molecule has 0 atom stereocenters. The molecular formula is C78H58N8. The highest BCUT2D eigenvalue weighted by molar-refractivity contribution is 6.00. The third-order valence-corrected chi connectivity index (χ3v) is 16.5. The number of fused-ring (bicyclic) bond motifs is 16. The Morgan fingerprint density at radius 1 is 0.267 bits per heavy atom. The Kier molecular flexibility index (Phi) is 13.6. The Bertz CT molecular complexity index is 4930. The lowest BCUT2D eigenvalue weighted by molar-refractivity contribution is 0.667. The maximum absolute atomic E-state index is 5.57. The van der Waals surface area contributed by atoms with E-state index < -0.39 is 0 Å². The number of unbranched alkanes of at least 4 members (excludes halogenated alkanes) is 3. The molecule has 0 radical (unpaired) electrons. The summed E-state index contributed by atoms with van der Waals surface area (Å²) >= 11 is 0. The van der Waals surface area contributed by atoms with Crippen molar-refractivity contribution >= 4 is 92.7 Å². The molecule has 0 saturated heterocycles. The molecule has 5 aromatic carbocycles. The van der Waals surface area contributed by atoms with Gasteiger partial charge in [-0.15, -0.1) is 0 Å². The monoisotopic (exact) mass is 1110 g/mol. The van der Waals surface area contributed by atoms with Crippen molar-refractivity contribution in [2.75, 3.05) is 0 Å². The van der Waals surface area contributed by atoms with Crippen molar-refractivity contribution < 1.29 is 0 Å². The van der Waals surface area contributed by atoms with Crippen LogP contribution in [0.3, 0.4) is 0 Å². The van der Waals surface area contributed by atoms with Crippen LogP contribution >= 0.6 is 0 Å². The third kappa shape index (κ3) is 9.81. The molecule has 11 aromatic rings. The zero-order valence-corrected chi connectivity index (χ0v) is 47.5. The topological polar surface area (TPSA) is 115 Å². The molecule has 0 saturated carbocycles. The number of hydrogen-bond acceptors (Lipinski definition) is 4. The quantitative estimate of drug-likeness (QED) is 0.0807. The van der Waals surface area contributed by atoms with Gasteiger partial charge in [0.25, 0.3) is 0 Å². The van der Waals surface area contributed by atoms with Gasteiger partial charge in [0.2, 0.25) is 0 Å². The highest BCUT2D eigenvalue weighted by Gasteiger charge is 2.21. The van der Waals surface area contributed by atoms with Gasteiger partial charge in [0.05, 0.1) is 67.7 Å². The van der Waals surface area contributed by atoms with Gasteiger partial charge in [-0.25, -0.2) is 19.9 Å². The normalized spacial score (nSPS) is 12.2. The Morgan fingerprint density at radius 3 is 0.884 bits per heavy atom. The van der Waals surface area contributed by atoms with Gasteiger partial charge in [0.1, 0.15) is 0 Å². The van der Waals surface area contributed by atoms with Crippen molar-refractivity contribution in [3.05, 3.63) is 262 Å². The first-order chi connectivity index (χ1) is 42.6. The van der Waals surface area contributed by atoms with E-state index in [9.17, 15) is 0 Å². The van der Waals surface area contributed by atoms with Crippen molar-refractivity contribution in [2.24, 2.45) is 0 Å². The summed E-state index contributed by atoms with van der Waals surface area (Å²) in [6.45, 7) is 2.26. The fourth-order valence-corrected chi connectivity index (χ4v) is 12.4. The van der Waals surface area contributed by atoms with Gasteiger partial charge in [0, 0.05) is 66.5 Å². The number of H-pyrrole nitrogens is 4. The summed E-state index contributed by atoms with van der Waals surface area (Å²) in [5, 5.41) is 0. The minimum Gasteiger partial charge on any atom is -0.355 e. The maximum atomic E-state index is 5.57. The number of nitrogens with one attached hydrogen (secondary N) is 4. The number of hydrogen-bond donors (Lipinski definition) is 4. The first-order valence-electron chi connectivity index (χ1n) is 29.7. The highest BCUT2D eigenvalue weighted by Crippen LogP contribution is 2.39. The number of aromatic amines is 4. The van der Waals surface area contributed by atoms with Crippen LogP contribution in [0, 0.1) is 11.8 Å². The standard InChI is InChI=1S/C78H58N8/c1-2-3-4-20-31-55-58-34-40-64(79-58)74(50-21-10-5-11-22-50)66-42-36-60(81-66)56(61-37-43-67(82-61)75(51-23-12-6-13-24-51)65-41-35-59(55)80-65)32-33-57-62-38-44-68(83-62)76(52-25-14-7-15-26-52)70-46-48-72(85-70)78(54-29-18-9-19-30-54)73-49-47-71(86-73)77(53-27-16-8-17-28-53)69-45-39-63(57)84-69/h5-19,21-30,34-49,79,82-83,86H,2-4,20,31H2,1H3. The van der Waals surface area contributed by atoms with Crippen molar-refractivity contribution in [2.45, 2.75) is 39.0 Å². The first-order valence-corrected chi connectivity index (χ1v) is 29.7. The second-order valence-corrected chi connectivity index (χ2v) is 22.0. The number of nitrogens with zero attached hydrogens (tertiary/aromatic N) is 4. The van der Waals surface area contributed by atoms with Gasteiger partial charge in [0.15, 0.2) is 0 Å². The Hall–Kier alpha value is -11.1. The summed E-state index contributed by atoms with van der Waals surface area (Å²) in [6, 6.07) is 69.9.